The molecular formula is C12H12ClN3OS. The average Bonchev–Trinajstić information content (AvgIpc) is 2.81. The van der Waals surface area contributed by atoms with Gasteiger partial charge in [0.2, 0.25) is 0 Å². The number of thiazole rings is 1. The Bertz CT molecular complexity index is 530. The number of urea groups is 1. The first-order valence-electron chi connectivity index (χ1n) is 5.37. The van der Waals surface area contributed by atoms with E-state index in [1.54, 1.807) is 17.6 Å². The molecule has 1 heterocycles. The normalized spacial score (nSPS) is 11.9. The number of amides is 2. The Morgan fingerprint density at radius 3 is 3.00 bits per heavy atom. The molecule has 1 aromatic carbocycles. The van der Waals surface area contributed by atoms with Crippen molar-refractivity contribution in [3.8, 4) is 0 Å². The minimum absolute atomic E-state index is 0.122. The Hall–Kier alpha value is -1.59. The molecule has 0 spiro atoms. The van der Waals surface area contributed by atoms with Crippen LogP contribution in [-0.4, -0.2) is 11.0 Å². The Morgan fingerprint density at radius 1 is 1.50 bits per heavy atom. The number of halogens is 1. The number of hydrogen-bond acceptors (Lipinski definition) is 3. The third-order valence-electron chi connectivity index (χ3n) is 2.35. The maximum absolute atomic E-state index is 11.7. The summed E-state index contributed by atoms with van der Waals surface area (Å²) in [5.41, 5.74) is 0.955. The van der Waals surface area contributed by atoms with Crippen molar-refractivity contribution in [2.45, 2.75) is 13.0 Å². The number of hydrogen-bond donors (Lipinski definition) is 2. The van der Waals surface area contributed by atoms with Crippen molar-refractivity contribution in [1.82, 2.24) is 10.3 Å². The molecule has 1 aromatic heterocycles. The second-order valence-corrected chi connectivity index (χ2v) is 5.04. The third kappa shape index (κ3) is 3.45. The highest BCUT2D eigenvalue weighted by atomic mass is 35.5. The van der Waals surface area contributed by atoms with Crippen LogP contribution in [0, 0.1) is 0 Å². The minimum Gasteiger partial charge on any atom is -0.331 e. The molecule has 0 fully saturated rings. The van der Waals surface area contributed by atoms with Gasteiger partial charge in [0.25, 0.3) is 0 Å². The van der Waals surface area contributed by atoms with Gasteiger partial charge < -0.3 is 5.32 Å². The zero-order chi connectivity index (χ0) is 13.0. The van der Waals surface area contributed by atoms with Crippen molar-refractivity contribution in [3.63, 3.8) is 0 Å². The second kappa shape index (κ2) is 5.84. The van der Waals surface area contributed by atoms with E-state index in [9.17, 15) is 4.79 Å². The van der Waals surface area contributed by atoms with Crippen LogP contribution in [0.3, 0.4) is 0 Å². The molecule has 2 N–H and O–H groups in total. The van der Waals surface area contributed by atoms with E-state index in [-0.39, 0.29) is 12.1 Å². The molecule has 0 aliphatic heterocycles. The molecule has 0 aliphatic rings. The van der Waals surface area contributed by atoms with E-state index in [0.29, 0.717) is 10.2 Å². The van der Waals surface area contributed by atoms with E-state index in [0.717, 1.165) is 5.56 Å². The number of benzene rings is 1. The molecule has 2 aromatic rings. The van der Waals surface area contributed by atoms with Gasteiger partial charge in [0.05, 0.1) is 6.04 Å². The second-order valence-electron chi connectivity index (χ2n) is 3.71. The molecule has 94 valence electrons. The number of anilines is 1. The van der Waals surface area contributed by atoms with Crippen molar-refractivity contribution in [2.75, 3.05) is 5.32 Å². The van der Waals surface area contributed by atoms with Gasteiger partial charge >= 0.3 is 6.03 Å². The van der Waals surface area contributed by atoms with E-state index in [4.69, 9.17) is 11.6 Å². The molecular weight excluding hydrogens is 270 g/mol. The molecule has 0 saturated heterocycles. The predicted octanol–water partition coefficient (Wildman–Crippen LogP) is 3.68. The summed E-state index contributed by atoms with van der Waals surface area (Å²) in [5.74, 6) is 0. The maximum Gasteiger partial charge on any atom is 0.321 e. The van der Waals surface area contributed by atoms with Gasteiger partial charge in [-0.05, 0) is 24.6 Å². The van der Waals surface area contributed by atoms with Crippen LogP contribution < -0.4 is 10.6 Å². The van der Waals surface area contributed by atoms with Crippen LogP contribution >= 0.6 is 22.9 Å². The standard InChI is InChI=1S/C12H12ClN3OS/c1-8(9-3-2-4-10(13)7-9)15-11(17)16-12-14-5-6-18-12/h2-8H,1H3,(H2,14,15,16,17)/t8-/m1/s1. The van der Waals surface area contributed by atoms with Gasteiger partial charge in [-0.1, -0.05) is 23.7 Å². The van der Waals surface area contributed by atoms with Crippen LogP contribution in [0.25, 0.3) is 0 Å². The first-order chi connectivity index (χ1) is 8.65. The summed E-state index contributed by atoms with van der Waals surface area (Å²) in [5, 5.41) is 8.51. The number of nitrogens with one attached hydrogen (secondary N) is 2. The molecule has 1 atom stereocenters. The lowest BCUT2D eigenvalue weighted by Gasteiger charge is -2.14. The average molecular weight is 282 g/mol. The largest absolute Gasteiger partial charge is 0.331 e. The SMILES string of the molecule is C[C@@H](NC(=O)Nc1nccs1)c1cccc(Cl)c1. The van der Waals surface area contributed by atoms with Crippen LogP contribution in [0.15, 0.2) is 35.8 Å². The van der Waals surface area contributed by atoms with E-state index in [1.807, 2.05) is 25.1 Å². The fourth-order valence-corrected chi connectivity index (χ4v) is 2.20. The van der Waals surface area contributed by atoms with Gasteiger partial charge in [-0.25, -0.2) is 9.78 Å². The lowest BCUT2D eigenvalue weighted by atomic mass is 10.1. The van der Waals surface area contributed by atoms with E-state index in [1.165, 1.54) is 11.3 Å². The predicted molar refractivity (Wildman–Crippen MR) is 74.1 cm³/mol. The van der Waals surface area contributed by atoms with Crippen LogP contribution in [0.2, 0.25) is 5.02 Å². The first-order valence-corrected chi connectivity index (χ1v) is 6.63. The van der Waals surface area contributed by atoms with Gasteiger partial charge in [-0.2, -0.15) is 0 Å². The van der Waals surface area contributed by atoms with Crippen LogP contribution in [0.1, 0.15) is 18.5 Å². The molecule has 0 aliphatic carbocycles. The van der Waals surface area contributed by atoms with E-state index < -0.39 is 0 Å². The summed E-state index contributed by atoms with van der Waals surface area (Å²) in [6.07, 6.45) is 1.64. The van der Waals surface area contributed by atoms with Crippen molar-refractivity contribution in [3.05, 3.63) is 46.4 Å². The maximum atomic E-state index is 11.7. The summed E-state index contributed by atoms with van der Waals surface area (Å²) >= 11 is 7.28. The van der Waals surface area contributed by atoms with Crippen LogP contribution in [0.4, 0.5) is 9.93 Å². The highest BCUT2D eigenvalue weighted by Gasteiger charge is 2.10. The molecule has 0 unspecified atom stereocenters. The first kappa shape index (κ1) is 12.9. The Labute approximate surface area is 114 Å². The van der Waals surface area contributed by atoms with Gasteiger partial charge in [0, 0.05) is 16.6 Å². The highest BCUT2D eigenvalue weighted by molar-refractivity contribution is 7.13. The smallest absolute Gasteiger partial charge is 0.321 e. The van der Waals surface area contributed by atoms with Crippen LogP contribution in [-0.2, 0) is 0 Å². The van der Waals surface area contributed by atoms with Gasteiger partial charge in [-0.3, -0.25) is 5.32 Å². The third-order valence-corrected chi connectivity index (χ3v) is 3.27. The molecule has 18 heavy (non-hydrogen) atoms. The summed E-state index contributed by atoms with van der Waals surface area (Å²) in [7, 11) is 0. The van der Waals surface area contributed by atoms with Crippen LogP contribution in [0.5, 0.6) is 0 Å². The summed E-state index contributed by atoms with van der Waals surface area (Å²) in [6, 6.07) is 7.00. The van der Waals surface area contributed by atoms with Gasteiger partial charge in [0.1, 0.15) is 0 Å². The van der Waals surface area contributed by atoms with Crippen molar-refractivity contribution < 1.29 is 4.79 Å². The van der Waals surface area contributed by atoms with E-state index in [2.05, 4.69) is 15.6 Å². The molecule has 0 saturated carbocycles. The number of rotatable bonds is 3. The molecule has 0 radical (unpaired) electrons. The van der Waals surface area contributed by atoms with Crippen molar-refractivity contribution in [1.29, 1.82) is 0 Å². The molecule has 4 nitrogen and oxygen atoms in total. The van der Waals surface area contributed by atoms with Crippen molar-refractivity contribution in [2.24, 2.45) is 0 Å². The molecule has 2 amide bonds. The lowest BCUT2D eigenvalue weighted by Crippen LogP contribution is -2.31. The zero-order valence-corrected chi connectivity index (χ0v) is 11.3. The Morgan fingerprint density at radius 2 is 2.33 bits per heavy atom. The van der Waals surface area contributed by atoms with Crippen molar-refractivity contribution >= 4 is 34.1 Å². The number of aromatic nitrogens is 1. The Balaban J connectivity index is 1.95. The van der Waals surface area contributed by atoms with E-state index >= 15 is 0 Å². The topological polar surface area (TPSA) is 54.0 Å². The Kier molecular flexibility index (Phi) is 4.17. The number of carbonyl (C=O) groups is 1. The molecule has 2 rings (SSSR count). The molecule has 6 heteroatoms. The number of nitrogens with zero attached hydrogens (tertiary/aromatic N) is 1. The monoisotopic (exact) mass is 281 g/mol. The van der Waals surface area contributed by atoms with Gasteiger partial charge in [-0.15, -0.1) is 11.3 Å². The summed E-state index contributed by atoms with van der Waals surface area (Å²) < 4.78 is 0. The molecule has 0 bridgehead atoms. The van der Waals surface area contributed by atoms with Gasteiger partial charge in [0.15, 0.2) is 5.13 Å². The quantitative estimate of drug-likeness (QED) is 0.902. The lowest BCUT2D eigenvalue weighted by molar-refractivity contribution is 0.249. The fourth-order valence-electron chi connectivity index (χ4n) is 1.47. The summed E-state index contributed by atoms with van der Waals surface area (Å²) in [6.45, 7) is 1.90. The fraction of sp³-hybridized carbons (Fsp3) is 0.167. The summed E-state index contributed by atoms with van der Waals surface area (Å²) in [4.78, 5) is 15.7. The number of carbonyl (C=O) groups excluding carboxylic acids is 1. The minimum atomic E-state index is -0.280. The highest BCUT2D eigenvalue weighted by Crippen LogP contribution is 2.17. The zero-order valence-electron chi connectivity index (χ0n) is 9.68.